The lowest BCUT2D eigenvalue weighted by Gasteiger charge is -2.18. The minimum absolute atomic E-state index is 0.306. The van der Waals surface area contributed by atoms with Crippen molar-refractivity contribution in [2.75, 3.05) is 7.05 Å². The van der Waals surface area contributed by atoms with Gasteiger partial charge in [0.05, 0.1) is 0 Å². The van der Waals surface area contributed by atoms with E-state index in [1.54, 1.807) is 0 Å². The highest BCUT2D eigenvalue weighted by molar-refractivity contribution is 4.65. The predicted molar refractivity (Wildman–Crippen MR) is 39.0 cm³/mol. The van der Waals surface area contributed by atoms with Gasteiger partial charge in [0.25, 0.3) is 0 Å². The van der Waals surface area contributed by atoms with E-state index >= 15 is 0 Å². The largest absolute Gasteiger partial charge is 0.266 e. The van der Waals surface area contributed by atoms with Crippen LogP contribution in [0.1, 0.15) is 20.3 Å². The van der Waals surface area contributed by atoms with Crippen molar-refractivity contribution in [1.82, 2.24) is 10.4 Å². The Bertz CT molecular complexity index is 132. The molecule has 0 amide bonds. The third kappa shape index (κ3) is 1.59. The van der Waals surface area contributed by atoms with E-state index in [1.165, 1.54) is 0 Å². The Kier molecular flexibility index (Phi) is 2.09. The number of nitrogens with one attached hydrogen (secondary N) is 1. The Hall–Kier alpha value is -0.800. The van der Waals surface area contributed by atoms with Crippen molar-refractivity contribution < 1.29 is 0 Å². The van der Waals surface area contributed by atoms with Crippen LogP contribution >= 0.6 is 0 Å². The van der Waals surface area contributed by atoms with Gasteiger partial charge in [0, 0.05) is 7.05 Å². The number of rotatable bonds is 2. The molecule has 1 unspecified atom stereocenters. The van der Waals surface area contributed by atoms with Gasteiger partial charge in [-0.1, -0.05) is 24.3 Å². The van der Waals surface area contributed by atoms with Crippen LogP contribution in [0, 0.1) is 5.92 Å². The first-order chi connectivity index (χ1) is 4.70. The first-order valence-corrected chi connectivity index (χ1v) is 3.59. The van der Waals surface area contributed by atoms with Crippen molar-refractivity contribution in [1.29, 1.82) is 0 Å². The lowest BCUT2D eigenvalue weighted by Crippen LogP contribution is -2.33. The molecule has 0 aromatic carbocycles. The van der Waals surface area contributed by atoms with Crippen LogP contribution in [0.4, 0.5) is 0 Å². The van der Waals surface area contributed by atoms with Crippen molar-refractivity contribution in [3.05, 3.63) is 0 Å². The molecule has 4 nitrogen and oxygen atoms in total. The summed E-state index contributed by atoms with van der Waals surface area (Å²) in [6, 6.07) is 0. The van der Waals surface area contributed by atoms with Crippen LogP contribution in [-0.4, -0.2) is 18.2 Å². The highest BCUT2D eigenvalue weighted by Gasteiger charge is 2.17. The molecular formula is C6H14N4. The Morgan fingerprint density at radius 1 is 1.60 bits per heavy atom. The first-order valence-electron chi connectivity index (χ1n) is 3.59. The van der Waals surface area contributed by atoms with Crippen LogP contribution in [-0.2, 0) is 0 Å². The van der Waals surface area contributed by atoms with Crippen LogP contribution in [0.3, 0.4) is 0 Å². The zero-order chi connectivity index (χ0) is 7.56. The minimum Gasteiger partial charge on any atom is -0.266 e. The topological polar surface area (TPSA) is 40.0 Å². The van der Waals surface area contributed by atoms with Gasteiger partial charge in [0.2, 0.25) is 0 Å². The highest BCUT2D eigenvalue weighted by atomic mass is 15.7. The summed E-state index contributed by atoms with van der Waals surface area (Å²) in [5, 5.41) is 9.36. The second kappa shape index (κ2) is 2.86. The molecule has 1 heterocycles. The van der Waals surface area contributed by atoms with Crippen molar-refractivity contribution in [3.63, 3.8) is 0 Å². The third-order valence-corrected chi connectivity index (χ3v) is 1.54. The van der Waals surface area contributed by atoms with E-state index in [4.69, 9.17) is 0 Å². The molecule has 0 fully saturated rings. The van der Waals surface area contributed by atoms with Gasteiger partial charge in [0.15, 0.2) is 0 Å². The normalized spacial score (nSPS) is 24.0. The van der Waals surface area contributed by atoms with Crippen LogP contribution in [0.5, 0.6) is 0 Å². The van der Waals surface area contributed by atoms with Gasteiger partial charge in [-0.2, -0.15) is 0 Å². The average molecular weight is 142 g/mol. The van der Waals surface area contributed by atoms with Crippen LogP contribution in [0.15, 0.2) is 10.4 Å². The monoisotopic (exact) mass is 142 g/mol. The zero-order valence-corrected chi connectivity index (χ0v) is 6.70. The van der Waals surface area contributed by atoms with Crippen molar-refractivity contribution in [2.24, 2.45) is 16.4 Å². The summed E-state index contributed by atoms with van der Waals surface area (Å²) in [6.45, 7) is 4.38. The average Bonchev–Trinajstić information content (AvgIpc) is 2.15. The fourth-order valence-electron chi connectivity index (χ4n) is 0.961. The standard InChI is InChI=1S/C6H14N4/c1-5(2)4-6-7-8-9-10(6)3/h5-6H,4H2,1-3H3,(H,7,9). The Balaban J connectivity index is 2.30. The summed E-state index contributed by atoms with van der Waals surface area (Å²) in [5.74, 6) is 0.684. The van der Waals surface area contributed by atoms with E-state index in [9.17, 15) is 0 Å². The second-order valence-electron chi connectivity index (χ2n) is 3.04. The Morgan fingerprint density at radius 2 is 2.30 bits per heavy atom. The molecule has 1 N–H and O–H groups in total. The summed E-state index contributed by atoms with van der Waals surface area (Å²) in [4.78, 5) is 0. The predicted octanol–water partition coefficient (Wildman–Crippen LogP) is 1.18. The molecule has 1 aliphatic heterocycles. The molecule has 1 rings (SSSR count). The van der Waals surface area contributed by atoms with Gasteiger partial charge >= 0.3 is 0 Å². The summed E-state index contributed by atoms with van der Waals surface area (Å²) in [6.07, 6.45) is 1.39. The summed E-state index contributed by atoms with van der Waals surface area (Å²) < 4.78 is 0. The van der Waals surface area contributed by atoms with Crippen LogP contribution in [0.2, 0.25) is 0 Å². The van der Waals surface area contributed by atoms with Gasteiger partial charge < -0.3 is 0 Å². The molecule has 0 bridgehead atoms. The van der Waals surface area contributed by atoms with E-state index < -0.39 is 0 Å². The van der Waals surface area contributed by atoms with Gasteiger partial charge in [-0.05, 0) is 12.3 Å². The van der Waals surface area contributed by atoms with E-state index in [1.807, 2.05) is 12.1 Å². The quantitative estimate of drug-likeness (QED) is 0.628. The van der Waals surface area contributed by atoms with Gasteiger partial charge in [-0.15, -0.1) is 0 Å². The Labute approximate surface area is 61.3 Å². The maximum atomic E-state index is 3.82. The lowest BCUT2D eigenvalue weighted by molar-refractivity contribution is 0.231. The summed E-state index contributed by atoms with van der Waals surface area (Å²) in [5.41, 5.74) is 2.92. The molecule has 10 heavy (non-hydrogen) atoms. The van der Waals surface area contributed by atoms with Gasteiger partial charge in [-0.25, -0.2) is 0 Å². The van der Waals surface area contributed by atoms with E-state index in [0.717, 1.165) is 6.42 Å². The molecule has 0 saturated carbocycles. The van der Waals surface area contributed by atoms with Crippen molar-refractivity contribution in [2.45, 2.75) is 26.4 Å². The molecule has 0 saturated heterocycles. The van der Waals surface area contributed by atoms with E-state index in [-0.39, 0.29) is 0 Å². The molecule has 1 aliphatic rings. The fraction of sp³-hybridized carbons (Fsp3) is 1.00. The molecule has 0 spiro atoms. The molecular weight excluding hydrogens is 128 g/mol. The highest BCUT2D eigenvalue weighted by Crippen LogP contribution is 2.11. The third-order valence-electron chi connectivity index (χ3n) is 1.54. The Morgan fingerprint density at radius 3 is 2.70 bits per heavy atom. The van der Waals surface area contributed by atoms with Crippen LogP contribution < -0.4 is 5.43 Å². The summed E-state index contributed by atoms with van der Waals surface area (Å²) >= 11 is 0. The van der Waals surface area contributed by atoms with Gasteiger partial charge in [-0.3, -0.25) is 10.4 Å². The molecule has 0 aliphatic carbocycles. The maximum absolute atomic E-state index is 3.82. The fourth-order valence-corrected chi connectivity index (χ4v) is 0.961. The number of hydrogen-bond acceptors (Lipinski definition) is 4. The summed E-state index contributed by atoms with van der Waals surface area (Å²) in [7, 11) is 1.93. The molecule has 0 radical (unpaired) electrons. The van der Waals surface area contributed by atoms with Crippen LogP contribution in [0.25, 0.3) is 0 Å². The molecule has 0 aromatic rings. The minimum atomic E-state index is 0.306. The van der Waals surface area contributed by atoms with Gasteiger partial charge in [0.1, 0.15) is 6.17 Å². The number of hydrogen-bond donors (Lipinski definition) is 1. The molecule has 1 atom stereocenters. The first kappa shape index (κ1) is 7.31. The zero-order valence-electron chi connectivity index (χ0n) is 6.70. The van der Waals surface area contributed by atoms with Crippen molar-refractivity contribution >= 4 is 0 Å². The molecule has 58 valence electrons. The second-order valence-corrected chi connectivity index (χ2v) is 3.04. The SMILES string of the molecule is CC(C)CC1NN=NN1C. The van der Waals surface area contributed by atoms with Crippen molar-refractivity contribution in [3.8, 4) is 0 Å². The van der Waals surface area contributed by atoms with E-state index in [0.29, 0.717) is 12.1 Å². The number of nitrogens with zero attached hydrogens (tertiary/aromatic N) is 3. The molecule has 0 aromatic heterocycles. The maximum Gasteiger partial charge on any atom is 0.134 e. The molecule has 4 heteroatoms. The smallest absolute Gasteiger partial charge is 0.134 e. The lowest BCUT2D eigenvalue weighted by atomic mass is 10.1. The van der Waals surface area contributed by atoms with E-state index in [2.05, 4.69) is 29.7 Å².